The van der Waals surface area contributed by atoms with E-state index in [1.54, 1.807) is 12.1 Å². The topological polar surface area (TPSA) is 84.5 Å². The van der Waals surface area contributed by atoms with Gasteiger partial charge in [0.25, 0.3) is 5.91 Å². The van der Waals surface area contributed by atoms with Crippen molar-refractivity contribution in [2.45, 2.75) is 58.7 Å². The third-order valence-electron chi connectivity index (χ3n) is 5.55. The van der Waals surface area contributed by atoms with E-state index < -0.39 is 17.7 Å². The highest BCUT2D eigenvalue weighted by molar-refractivity contribution is 5.99. The number of carbonyl (C=O) groups is 3. The van der Waals surface area contributed by atoms with Gasteiger partial charge in [0, 0.05) is 17.5 Å². The Morgan fingerprint density at radius 1 is 0.861 bits per heavy atom. The third-order valence-corrected chi connectivity index (χ3v) is 5.55. The van der Waals surface area contributed by atoms with Crippen LogP contribution in [0.25, 0.3) is 0 Å². The fourth-order valence-corrected chi connectivity index (χ4v) is 3.80. The maximum Gasteiger partial charge on any atom is 0.408 e. The van der Waals surface area contributed by atoms with Crippen molar-refractivity contribution in [2.24, 2.45) is 0 Å². The van der Waals surface area contributed by atoms with E-state index >= 15 is 0 Å². The average Bonchev–Trinajstić information content (AvgIpc) is 2.85. The minimum Gasteiger partial charge on any atom is -0.445 e. The summed E-state index contributed by atoms with van der Waals surface area (Å²) in [7, 11) is 0. The van der Waals surface area contributed by atoms with Crippen LogP contribution < -0.4 is 10.6 Å². The molecular weight excluding hydrogens is 452 g/mol. The summed E-state index contributed by atoms with van der Waals surface area (Å²) in [5.41, 5.74) is 3.06. The summed E-state index contributed by atoms with van der Waals surface area (Å²) in [5.74, 6) is -0.509. The number of nitrogens with one attached hydrogen (secondary N) is 2. The van der Waals surface area contributed by atoms with E-state index in [-0.39, 0.29) is 24.7 Å². The van der Waals surface area contributed by atoms with Crippen LogP contribution in [0.3, 0.4) is 0 Å². The Morgan fingerprint density at radius 2 is 1.47 bits per heavy atom. The summed E-state index contributed by atoms with van der Waals surface area (Å²) in [6.07, 6.45) is -0.00611. The average molecular weight is 487 g/mol. The second-order valence-corrected chi connectivity index (χ2v) is 9.89. The van der Waals surface area contributed by atoms with Gasteiger partial charge < -0.3 is 15.4 Å². The molecule has 0 aliphatic rings. The number of hydrogen-bond acceptors (Lipinski definition) is 4. The minimum atomic E-state index is -1.03. The van der Waals surface area contributed by atoms with E-state index in [1.807, 2.05) is 94.4 Å². The predicted octanol–water partition coefficient (Wildman–Crippen LogP) is 5.69. The molecule has 0 aliphatic carbocycles. The van der Waals surface area contributed by atoms with Crippen LogP contribution in [0.2, 0.25) is 0 Å². The second kappa shape index (κ2) is 12.2. The molecule has 6 heteroatoms. The normalized spacial score (nSPS) is 11.9. The zero-order valence-electron chi connectivity index (χ0n) is 21.3. The number of carbonyl (C=O) groups excluding carboxylic acids is 3. The number of aryl methyl sites for hydroxylation is 2. The molecule has 0 fully saturated rings. The molecule has 0 saturated carbocycles. The molecule has 0 saturated heterocycles. The molecule has 0 heterocycles. The van der Waals surface area contributed by atoms with Gasteiger partial charge in [0.1, 0.15) is 12.6 Å². The lowest BCUT2D eigenvalue weighted by Crippen LogP contribution is -2.42. The lowest BCUT2D eigenvalue weighted by atomic mass is 9.92. The molecule has 3 aromatic carbocycles. The molecule has 1 atom stereocenters. The molecule has 3 aromatic rings. The molecule has 0 spiro atoms. The largest absolute Gasteiger partial charge is 0.445 e. The zero-order valence-corrected chi connectivity index (χ0v) is 21.3. The lowest BCUT2D eigenvalue weighted by Gasteiger charge is -2.24. The molecule has 6 nitrogen and oxygen atoms in total. The van der Waals surface area contributed by atoms with Crippen molar-refractivity contribution >= 4 is 17.8 Å². The maximum absolute atomic E-state index is 13.5. The predicted molar refractivity (Wildman–Crippen MR) is 141 cm³/mol. The maximum atomic E-state index is 13.5. The van der Waals surface area contributed by atoms with Gasteiger partial charge in [-0.1, -0.05) is 78.4 Å². The number of amides is 2. The number of ether oxygens (including phenoxy) is 1. The summed E-state index contributed by atoms with van der Waals surface area (Å²) in [5, 5.41) is 5.69. The number of rotatable bonds is 9. The highest BCUT2D eigenvalue weighted by atomic mass is 16.5. The van der Waals surface area contributed by atoms with Crippen LogP contribution in [-0.4, -0.2) is 23.3 Å². The Morgan fingerprint density at radius 3 is 2.08 bits per heavy atom. The van der Waals surface area contributed by atoms with Crippen molar-refractivity contribution < 1.29 is 19.1 Å². The third kappa shape index (κ3) is 8.08. The molecular formula is C30H34N2O4. The monoisotopic (exact) mass is 486 g/mol. The quantitative estimate of drug-likeness (QED) is 0.407. The van der Waals surface area contributed by atoms with Crippen molar-refractivity contribution in [1.29, 1.82) is 0 Å². The van der Waals surface area contributed by atoms with Gasteiger partial charge in [-0.25, -0.2) is 4.79 Å². The van der Waals surface area contributed by atoms with Gasteiger partial charge in [0.15, 0.2) is 5.78 Å². The number of ketones is 1. The Hall–Kier alpha value is -3.93. The van der Waals surface area contributed by atoms with Gasteiger partial charge in [-0.15, -0.1) is 0 Å². The summed E-state index contributed by atoms with van der Waals surface area (Å²) >= 11 is 0. The standard InChI is InChI=1S/C30H34N2O4/c1-21-15-17-24(25(19-21)28(34)32-30(2,3)4)27(26(33)18-16-22-11-7-5-8-12-22)31-29(35)36-20-23-13-9-6-10-14-23/h5-15,17,19,27H,16,18,20H2,1-4H3,(H,31,35)(H,32,34)/t27-/m0/s1. The first kappa shape index (κ1) is 26.7. The van der Waals surface area contributed by atoms with Crippen molar-refractivity contribution in [2.75, 3.05) is 0 Å². The van der Waals surface area contributed by atoms with E-state index in [0.29, 0.717) is 17.5 Å². The van der Waals surface area contributed by atoms with Crippen molar-refractivity contribution in [1.82, 2.24) is 10.6 Å². The highest BCUT2D eigenvalue weighted by Crippen LogP contribution is 2.24. The van der Waals surface area contributed by atoms with Crippen LogP contribution in [0.1, 0.15) is 65.8 Å². The van der Waals surface area contributed by atoms with Gasteiger partial charge in [-0.3, -0.25) is 9.59 Å². The van der Waals surface area contributed by atoms with Crippen LogP contribution in [0.4, 0.5) is 4.79 Å². The van der Waals surface area contributed by atoms with E-state index in [0.717, 1.165) is 16.7 Å². The van der Waals surface area contributed by atoms with Crippen molar-refractivity contribution in [3.8, 4) is 0 Å². The zero-order chi connectivity index (χ0) is 26.1. The number of Topliss-reactive ketones (excluding diaryl/α,β-unsaturated/α-hetero) is 1. The van der Waals surface area contributed by atoms with Crippen LogP contribution >= 0.6 is 0 Å². The summed E-state index contributed by atoms with van der Waals surface area (Å²) in [4.78, 5) is 39.4. The highest BCUT2D eigenvalue weighted by Gasteiger charge is 2.28. The number of alkyl carbamates (subject to hydrolysis) is 1. The first-order chi connectivity index (χ1) is 17.1. The Balaban J connectivity index is 1.86. The van der Waals surface area contributed by atoms with Gasteiger partial charge >= 0.3 is 6.09 Å². The Bertz CT molecular complexity index is 1180. The van der Waals surface area contributed by atoms with E-state index in [2.05, 4.69) is 10.6 Å². The second-order valence-electron chi connectivity index (χ2n) is 9.89. The van der Waals surface area contributed by atoms with Gasteiger partial charge in [0.2, 0.25) is 0 Å². The van der Waals surface area contributed by atoms with Crippen molar-refractivity contribution in [3.63, 3.8) is 0 Å². The fourth-order valence-electron chi connectivity index (χ4n) is 3.80. The van der Waals surface area contributed by atoms with Gasteiger partial charge in [-0.05, 0) is 56.9 Å². The van der Waals surface area contributed by atoms with E-state index in [1.165, 1.54) is 0 Å². The van der Waals surface area contributed by atoms with E-state index in [9.17, 15) is 14.4 Å². The summed E-state index contributed by atoms with van der Waals surface area (Å²) in [6.45, 7) is 7.63. The Labute approximate surface area is 213 Å². The fraction of sp³-hybridized carbons (Fsp3) is 0.300. The van der Waals surface area contributed by atoms with Gasteiger partial charge in [0.05, 0.1) is 0 Å². The first-order valence-corrected chi connectivity index (χ1v) is 12.1. The molecule has 0 bridgehead atoms. The molecule has 188 valence electrons. The molecule has 0 radical (unpaired) electrons. The molecule has 2 amide bonds. The summed E-state index contributed by atoms with van der Waals surface area (Å²) in [6, 6.07) is 23.3. The molecule has 0 unspecified atom stereocenters. The van der Waals surface area contributed by atoms with Crippen LogP contribution in [0.5, 0.6) is 0 Å². The Kier molecular flexibility index (Phi) is 9.01. The minimum absolute atomic E-state index is 0.0723. The molecule has 3 rings (SSSR count). The molecule has 2 N–H and O–H groups in total. The number of hydrogen-bond donors (Lipinski definition) is 2. The van der Waals surface area contributed by atoms with Crippen LogP contribution in [0, 0.1) is 6.92 Å². The molecule has 0 aliphatic heterocycles. The SMILES string of the molecule is Cc1ccc([C@H](NC(=O)OCc2ccccc2)C(=O)CCc2ccccc2)c(C(=O)NC(C)(C)C)c1. The van der Waals surface area contributed by atoms with E-state index in [4.69, 9.17) is 4.74 Å². The molecule has 36 heavy (non-hydrogen) atoms. The van der Waals surface area contributed by atoms with Gasteiger partial charge in [-0.2, -0.15) is 0 Å². The summed E-state index contributed by atoms with van der Waals surface area (Å²) < 4.78 is 5.39. The molecule has 0 aromatic heterocycles. The first-order valence-electron chi connectivity index (χ1n) is 12.1. The lowest BCUT2D eigenvalue weighted by molar-refractivity contribution is -0.121. The van der Waals surface area contributed by atoms with Crippen LogP contribution in [0.15, 0.2) is 78.9 Å². The van der Waals surface area contributed by atoms with Crippen molar-refractivity contribution in [3.05, 3.63) is 107 Å². The number of benzene rings is 3. The smallest absolute Gasteiger partial charge is 0.408 e. The van der Waals surface area contributed by atoms with Crippen LogP contribution in [-0.2, 0) is 22.6 Å².